The molecule has 28 heavy (non-hydrogen) atoms. The van der Waals surface area contributed by atoms with Gasteiger partial charge in [0.2, 0.25) is 0 Å². The van der Waals surface area contributed by atoms with Crippen LogP contribution in [0.15, 0.2) is 71.4 Å². The molecular formula is C21H20FN5O. The minimum Gasteiger partial charge on any atom is -0.495 e. The highest BCUT2D eigenvalue weighted by atomic mass is 19.1. The van der Waals surface area contributed by atoms with E-state index in [9.17, 15) is 4.39 Å². The van der Waals surface area contributed by atoms with E-state index in [4.69, 9.17) is 4.74 Å². The Balaban J connectivity index is 1.46. The summed E-state index contributed by atoms with van der Waals surface area (Å²) in [6.07, 6.45) is 7.73. The van der Waals surface area contributed by atoms with E-state index in [0.29, 0.717) is 6.54 Å². The molecule has 1 atom stereocenters. The maximum atomic E-state index is 13.1. The molecule has 6 nitrogen and oxygen atoms in total. The lowest BCUT2D eigenvalue weighted by molar-refractivity contribution is 0.413. The summed E-state index contributed by atoms with van der Waals surface area (Å²) in [5.74, 6) is 0.500. The molecule has 0 fully saturated rings. The zero-order chi connectivity index (χ0) is 19.5. The Morgan fingerprint density at radius 2 is 2.00 bits per heavy atom. The molecule has 2 heterocycles. The van der Waals surface area contributed by atoms with E-state index in [1.807, 2.05) is 48.0 Å². The number of methoxy groups -OCH3 is 1. The number of aromatic nitrogens is 2. The highest BCUT2D eigenvalue weighted by Gasteiger charge is 2.18. The molecule has 0 saturated carbocycles. The molecule has 0 amide bonds. The molecule has 4 rings (SSSR count). The van der Waals surface area contributed by atoms with Crippen LogP contribution >= 0.6 is 0 Å². The number of anilines is 1. The fourth-order valence-corrected chi connectivity index (χ4v) is 3.03. The van der Waals surface area contributed by atoms with Gasteiger partial charge in [-0.3, -0.25) is 0 Å². The molecule has 0 N–H and O–H groups in total. The number of nitrogens with zero attached hydrogens (tertiary/aromatic N) is 5. The second kappa shape index (κ2) is 7.64. The lowest BCUT2D eigenvalue weighted by Gasteiger charge is -2.12. The Morgan fingerprint density at radius 3 is 2.71 bits per heavy atom. The highest BCUT2D eigenvalue weighted by molar-refractivity contribution is 5.59. The van der Waals surface area contributed by atoms with Crippen LogP contribution in [0.25, 0.3) is 11.8 Å². The first kappa shape index (κ1) is 17.9. The Kier molecular flexibility index (Phi) is 4.89. The topological polar surface area (TPSA) is 55.0 Å². The van der Waals surface area contributed by atoms with Gasteiger partial charge in [0.05, 0.1) is 37.1 Å². The van der Waals surface area contributed by atoms with E-state index in [-0.39, 0.29) is 11.9 Å². The molecule has 1 aliphatic rings. The first-order valence-corrected chi connectivity index (χ1v) is 8.93. The summed E-state index contributed by atoms with van der Waals surface area (Å²) >= 11 is 0. The van der Waals surface area contributed by atoms with Crippen LogP contribution in [0.4, 0.5) is 10.1 Å². The van der Waals surface area contributed by atoms with Crippen LogP contribution in [0.1, 0.15) is 11.3 Å². The smallest absolute Gasteiger partial charge is 0.143 e. The molecule has 7 heteroatoms. The molecule has 142 valence electrons. The van der Waals surface area contributed by atoms with Crippen LogP contribution in [-0.2, 0) is 0 Å². The average Bonchev–Trinajstić information content (AvgIpc) is 3.36. The van der Waals surface area contributed by atoms with Crippen molar-refractivity contribution in [3.63, 3.8) is 0 Å². The van der Waals surface area contributed by atoms with Crippen LogP contribution in [-0.4, -0.2) is 29.2 Å². The van der Waals surface area contributed by atoms with Crippen LogP contribution in [0, 0.1) is 12.7 Å². The minimum atomic E-state index is -0.264. The van der Waals surface area contributed by atoms with Gasteiger partial charge in [-0.25, -0.2) is 14.4 Å². The van der Waals surface area contributed by atoms with Crippen molar-refractivity contribution in [1.29, 1.82) is 0 Å². The van der Waals surface area contributed by atoms with Gasteiger partial charge >= 0.3 is 0 Å². The standard InChI is InChI=1S/C21H20FN5O/c1-15-12-26(14-23-15)20-10-4-16(11-21(20)28-2)3-7-18-13-27(25-24-18)19-8-5-17(22)6-9-19/h3-12,14,18H,13H2,1-2H3. The van der Waals surface area contributed by atoms with E-state index in [1.54, 1.807) is 30.6 Å². The number of benzene rings is 2. The summed E-state index contributed by atoms with van der Waals surface area (Å²) in [6.45, 7) is 2.57. The van der Waals surface area contributed by atoms with E-state index in [1.165, 1.54) is 12.1 Å². The van der Waals surface area contributed by atoms with Crippen molar-refractivity contribution in [3.8, 4) is 11.4 Å². The quantitative estimate of drug-likeness (QED) is 0.653. The highest BCUT2D eigenvalue weighted by Crippen LogP contribution is 2.26. The zero-order valence-corrected chi connectivity index (χ0v) is 15.7. The van der Waals surface area contributed by atoms with Crippen molar-refractivity contribution in [1.82, 2.24) is 9.55 Å². The van der Waals surface area contributed by atoms with Crippen LogP contribution < -0.4 is 9.75 Å². The van der Waals surface area contributed by atoms with Crippen molar-refractivity contribution < 1.29 is 9.13 Å². The van der Waals surface area contributed by atoms with Crippen molar-refractivity contribution in [2.45, 2.75) is 13.0 Å². The number of rotatable bonds is 5. The fourth-order valence-electron chi connectivity index (χ4n) is 3.03. The average molecular weight is 377 g/mol. The van der Waals surface area contributed by atoms with Gasteiger partial charge in [0, 0.05) is 6.20 Å². The van der Waals surface area contributed by atoms with Crippen LogP contribution in [0.2, 0.25) is 0 Å². The number of ether oxygens (including phenoxy) is 1. The Bertz CT molecular complexity index is 1030. The summed E-state index contributed by atoms with van der Waals surface area (Å²) in [6, 6.07) is 12.2. The number of halogens is 1. The van der Waals surface area contributed by atoms with Crippen LogP contribution in [0.5, 0.6) is 5.75 Å². The molecule has 0 saturated heterocycles. The molecule has 0 bridgehead atoms. The lowest BCUT2D eigenvalue weighted by atomic mass is 10.1. The fraction of sp³-hybridized carbons (Fsp3) is 0.190. The molecule has 0 aliphatic carbocycles. The molecule has 3 aromatic rings. The zero-order valence-electron chi connectivity index (χ0n) is 15.7. The third-order valence-corrected chi connectivity index (χ3v) is 4.50. The lowest BCUT2D eigenvalue weighted by Crippen LogP contribution is -2.18. The van der Waals surface area contributed by atoms with Gasteiger partial charge in [0.25, 0.3) is 0 Å². The SMILES string of the molecule is COc1cc(C=CC2CN(c3ccc(F)cc3)N=N2)ccc1-n1cnc(C)c1. The molecule has 1 aliphatic heterocycles. The van der Waals surface area contributed by atoms with Crippen molar-refractivity contribution in [2.75, 3.05) is 18.7 Å². The van der Waals surface area contributed by atoms with Crippen molar-refractivity contribution >= 4 is 11.8 Å². The summed E-state index contributed by atoms with van der Waals surface area (Å²) in [7, 11) is 1.65. The largest absolute Gasteiger partial charge is 0.495 e. The van der Waals surface area contributed by atoms with E-state index in [0.717, 1.165) is 28.4 Å². The van der Waals surface area contributed by atoms with Gasteiger partial charge in [0.15, 0.2) is 0 Å². The van der Waals surface area contributed by atoms with Gasteiger partial charge in [-0.2, -0.15) is 5.11 Å². The monoisotopic (exact) mass is 377 g/mol. The summed E-state index contributed by atoms with van der Waals surface area (Å²) < 4.78 is 20.5. The minimum absolute atomic E-state index is 0.0629. The molecule has 1 aromatic heterocycles. The summed E-state index contributed by atoms with van der Waals surface area (Å²) in [5.41, 5.74) is 3.71. The van der Waals surface area contributed by atoms with Gasteiger partial charge < -0.3 is 9.30 Å². The third kappa shape index (κ3) is 3.78. The first-order valence-electron chi connectivity index (χ1n) is 8.93. The Morgan fingerprint density at radius 1 is 1.18 bits per heavy atom. The molecule has 2 aromatic carbocycles. The van der Waals surface area contributed by atoms with E-state index in [2.05, 4.69) is 15.3 Å². The second-order valence-electron chi connectivity index (χ2n) is 6.54. The van der Waals surface area contributed by atoms with Crippen molar-refractivity contribution in [2.24, 2.45) is 10.3 Å². The molecule has 1 unspecified atom stereocenters. The normalized spacial score (nSPS) is 16.2. The number of hydrogen-bond acceptors (Lipinski definition) is 5. The van der Waals surface area contributed by atoms with E-state index >= 15 is 0 Å². The van der Waals surface area contributed by atoms with Crippen LogP contribution in [0.3, 0.4) is 0 Å². The predicted molar refractivity (Wildman–Crippen MR) is 106 cm³/mol. The Labute approximate surface area is 162 Å². The number of imidazole rings is 1. The van der Waals surface area contributed by atoms with E-state index < -0.39 is 0 Å². The van der Waals surface area contributed by atoms with Crippen molar-refractivity contribution in [3.05, 3.63) is 78.1 Å². The Hall–Kier alpha value is -3.48. The third-order valence-electron chi connectivity index (χ3n) is 4.50. The molecule has 0 radical (unpaired) electrons. The van der Waals surface area contributed by atoms with Gasteiger partial charge in [-0.05, 0) is 48.9 Å². The number of hydrogen-bond donors (Lipinski definition) is 0. The first-order chi connectivity index (χ1) is 13.6. The maximum absolute atomic E-state index is 13.1. The molecule has 0 spiro atoms. The maximum Gasteiger partial charge on any atom is 0.143 e. The number of aryl methyl sites for hydroxylation is 1. The predicted octanol–water partition coefficient (Wildman–Crippen LogP) is 4.60. The van der Waals surface area contributed by atoms with Gasteiger partial charge in [0.1, 0.15) is 17.6 Å². The summed E-state index contributed by atoms with van der Waals surface area (Å²) in [4.78, 5) is 4.26. The molecular weight excluding hydrogens is 357 g/mol. The summed E-state index contributed by atoms with van der Waals surface area (Å²) in [5, 5.41) is 10.2. The van der Waals surface area contributed by atoms with Gasteiger partial charge in [-0.15, -0.1) is 0 Å². The second-order valence-corrected chi connectivity index (χ2v) is 6.54. The van der Waals surface area contributed by atoms with Gasteiger partial charge in [-0.1, -0.05) is 23.4 Å².